The minimum atomic E-state index is -2.94. The maximum Gasteiger partial charge on any atom is 0.354 e. The lowest BCUT2D eigenvalue weighted by Gasteiger charge is -2.47. The second-order valence-electron chi connectivity index (χ2n) is 11.7. The van der Waals surface area contributed by atoms with Crippen LogP contribution >= 0.6 is 0 Å². The highest BCUT2D eigenvalue weighted by Gasteiger charge is 2.71. The van der Waals surface area contributed by atoms with Crippen LogP contribution in [0.4, 0.5) is 0 Å². The second-order valence-corrected chi connectivity index (χ2v) is 11.7. The average Bonchev–Trinajstić information content (AvgIpc) is 3.29. The predicted molar refractivity (Wildman–Crippen MR) is 141 cm³/mol. The van der Waals surface area contributed by atoms with Crippen LogP contribution in [0.1, 0.15) is 72.9 Å². The highest BCUT2D eigenvalue weighted by molar-refractivity contribution is 6.32. The van der Waals surface area contributed by atoms with E-state index in [0.717, 1.165) is 7.11 Å². The van der Waals surface area contributed by atoms with Gasteiger partial charge < -0.3 is 29.5 Å². The van der Waals surface area contributed by atoms with E-state index >= 15 is 0 Å². The van der Waals surface area contributed by atoms with Gasteiger partial charge in [-0.1, -0.05) is 12.2 Å². The quantitative estimate of drug-likeness (QED) is 0.261. The van der Waals surface area contributed by atoms with Gasteiger partial charge in [0.2, 0.25) is 17.0 Å². The standard InChI is InChI=1S/C31H24O12/c1-12-7-15-22(16(32)8-12)27(38)31(40)26(37)14-5-6-29(31,25(15)36)10-13-9-18-23(24(35)21(13)14)17(33)11-30(43-18,28(39)41-2)19-3-4-20(34)42-19/h5-9,14,19,32,35,40H,3-4,10-11H2,1-2H3/t14-,19-,29+,30+,31-/m0/s1. The van der Waals surface area contributed by atoms with E-state index in [1.54, 1.807) is 6.92 Å². The molecule has 220 valence electrons. The largest absolute Gasteiger partial charge is 0.507 e. The summed E-state index contributed by atoms with van der Waals surface area (Å²) in [6.07, 6.45) is 0.338. The molecule has 0 unspecified atom stereocenters. The predicted octanol–water partition coefficient (Wildman–Crippen LogP) is 1.56. The number of cyclic esters (lactones) is 1. The highest BCUT2D eigenvalue weighted by Crippen LogP contribution is 2.59. The molecule has 2 heterocycles. The fourth-order valence-corrected chi connectivity index (χ4v) is 7.43. The van der Waals surface area contributed by atoms with Crippen molar-refractivity contribution in [2.24, 2.45) is 5.41 Å². The number of aromatic hydroxyl groups is 2. The van der Waals surface area contributed by atoms with Crippen LogP contribution in [-0.2, 0) is 30.3 Å². The first-order valence-corrected chi connectivity index (χ1v) is 13.6. The molecule has 2 aliphatic heterocycles. The summed E-state index contributed by atoms with van der Waals surface area (Å²) in [6.45, 7) is 1.60. The number of ether oxygens (including phenoxy) is 3. The molecular formula is C31H24O12. The van der Waals surface area contributed by atoms with Gasteiger partial charge in [0, 0.05) is 17.5 Å². The number of phenols is 2. The second kappa shape index (κ2) is 8.38. The molecule has 1 saturated heterocycles. The van der Waals surface area contributed by atoms with Gasteiger partial charge in [0.15, 0.2) is 23.5 Å². The number of ketones is 4. The van der Waals surface area contributed by atoms with E-state index in [0.29, 0.717) is 5.56 Å². The Morgan fingerprint density at radius 3 is 2.44 bits per heavy atom. The molecule has 6 aliphatic rings. The van der Waals surface area contributed by atoms with Gasteiger partial charge in [-0.25, -0.2) is 4.79 Å². The molecule has 0 aromatic heterocycles. The minimum Gasteiger partial charge on any atom is -0.507 e. The van der Waals surface area contributed by atoms with E-state index in [1.165, 1.54) is 30.4 Å². The fourth-order valence-electron chi connectivity index (χ4n) is 7.43. The number of phenolic OH excluding ortho intramolecular Hbond substituents is 2. The summed E-state index contributed by atoms with van der Waals surface area (Å²) in [5.74, 6) is -8.34. The molecule has 1 spiro atoms. The van der Waals surface area contributed by atoms with E-state index in [9.17, 15) is 44.1 Å². The van der Waals surface area contributed by atoms with Gasteiger partial charge in [-0.3, -0.25) is 24.0 Å². The zero-order valence-electron chi connectivity index (χ0n) is 22.9. The third-order valence-electron chi connectivity index (χ3n) is 9.42. The van der Waals surface area contributed by atoms with Crippen LogP contribution in [0.15, 0.2) is 30.4 Å². The molecule has 12 heteroatoms. The number of esters is 2. The maximum absolute atomic E-state index is 14.2. The molecule has 0 radical (unpaired) electrons. The van der Waals surface area contributed by atoms with E-state index < -0.39 is 93.6 Å². The summed E-state index contributed by atoms with van der Waals surface area (Å²) >= 11 is 0. The molecule has 5 atom stereocenters. The molecule has 0 amide bonds. The van der Waals surface area contributed by atoms with E-state index in [-0.39, 0.29) is 40.8 Å². The van der Waals surface area contributed by atoms with Crippen LogP contribution in [0.25, 0.3) is 0 Å². The number of fused-ring (bicyclic) bond motifs is 2. The summed E-state index contributed by atoms with van der Waals surface area (Å²) < 4.78 is 16.3. The van der Waals surface area contributed by atoms with Gasteiger partial charge in [0.25, 0.3) is 0 Å². The molecule has 0 saturated carbocycles. The SMILES string of the molecule is COC(=O)[C@]1([C@@H]2CCC(=O)O2)CC(=O)c2c(cc3c(c2O)[C@@H]2C=C[C@@]4(C3)C(=O)c3cc(C)cc(O)c3C(=O)[C@@]4(O)C2=O)O1. The van der Waals surface area contributed by atoms with Crippen molar-refractivity contribution >= 4 is 35.1 Å². The Labute approximate surface area is 242 Å². The van der Waals surface area contributed by atoms with Crippen LogP contribution in [0.5, 0.6) is 17.2 Å². The van der Waals surface area contributed by atoms with Crippen molar-refractivity contribution < 1.29 is 58.3 Å². The number of carbonyl (C=O) groups is 6. The Morgan fingerprint density at radius 2 is 1.77 bits per heavy atom. The number of methoxy groups -OCH3 is 1. The van der Waals surface area contributed by atoms with Crippen LogP contribution in [-0.4, -0.2) is 74.8 Å². The summed E-state index contributed by atoms with van der Waals surface area (Å²) in [5.41, 5.74) is -7.69. The number of hydrogen-bond donors (Lipinski definition) is 3. The molecule has 2 aromatic rings. The maximum atomic E-state index is 14.2. The van der Waals surface area contributed by atoms with Crippen molar-refractivity contribution in [2.75, 3.05) is 7.11 Å². The Kier molecular flexibility index (Phi) is 5.26. The highest BCUT2D eigenvalue weighted by atomic mass is 16.6. The normalized spacial score (nSPS) is 31.8. The summed E-state index contributed by atoms with van der Waals surface area (Å²) in [6, 6.07) is 3.92. The van der Waals surface area contributed by atoms with Gasteiger partial charge in [-0.05, 0) is 49.1 Å². The summed E-state index contributed by atoms with van der Waals surface area (Å²) in [5, 5.41) is 34.1. The van der Waals surface area contributed by atoms with Gasteiger partial charge in [0.05, 0.1) is 30.4 Å². The van der Waals surface area contributed by atoms with Gasteiger partial charge in [-0.15, -0.1) is 0 Å². The molecule has 43 heavy (non-hydrogen) atoms. The Hall–Kier alpha value is -4.84. The Morgan fingerprint density at radius 1 is 1.02 bits per heavy atom. The van der Waals surface area contributed by atoms with Gasteiger partial charge in [-0.2, -0.15) is 0 Å². The lowest BCUT2D eigenvalue weighted by Crippen LogP contribution is -2.67. The first-order chi connectivity index (χ1) is 20.3. The van der Waals surface area contributed by atoms with E-state index in [4.69, 9.17) is 14.2 Å². The zero-order valence-corrected chi connectivity index (χ0v) is 22.9. The Balaban J connectivity index is 1.44. The number of allylic oxidation sites excluding steroid dienone is 1. The van der Waals surface area contributed by atoms with Crippen molar-refractivity contribution in [2.45, 2.75) is 55.8 Å². The number of hydrogen-bond acceptors (Lipinski definition) is 12. The first-order valence-electron chi connectivity index (χ1n) is 13.6. The van der Waals surface area contributed by atoms with Gasteiger partial charge in [0.1, 0.15) is 22.8 Å². The molecule has 3 N–H and O–H groups in total. The molecular weight excluding hydrogens is 564 g/mol. The number of carbonyl (C=O) groups excluding carboxylic acids is 6. The zero-order chi connectivity index (χ0) is 30.8. The topological polar surface area (TPSA) is 191 Å². The first kappa shape index (κ1) is 27.0. The van der Waals surface area contributed by atoms with E-state index in [1.807, 2.05) is 0 Å². The molecule has 2 aromatic carbocycles. The number of Topliss-reactive ketones (excluding diaryl/α,β-unsaturated/α-hetero) is 4. The van der Waals surface area contributed by atoms with Crippen LogP contribution in [0, 0.1) is 12.3 Å². The fraction of sp³-hybridized carbons (Fsp3) is 0.355. The van der Waals surface area contributed by atoms with Crippen LogP contribution in [0.2, 0.25) is 0 Å². The summed E-state index contributed by atoms with van der Waals surface area (Å²) in [4.78, 5) is 80.6. The Bertz CT molecular complexity index is 1800. The van der Waals surface area contributed by atoms with Crippen molar-refractivity contribution in [1.29, 1.82) is 0 Å². The lowest BCUT2D eigenvalue weighted by atomic mass is 9.54. The monoisotopic (exact) mass is 588 g/mol. The molecule has 1 fully saturated rings. The third-order valence-corrected chi connectivity index (χ3v) is 9.42. The molecule has 8 rings (SSSR count). The van der Waals surface area contributed by atoms with Crippen LogP contribution < -0.4 is 4.74 Å². The number of benzene rings is 2. The number of aryl methyl sites for hydroxylation is 1. The van der Waals surface area contributed by atoms with Crippen molar-refractivity contribution in [3.8, 4) is 17.2 Å². The van der Waals surface area contributed by atoms with E-state index in [2.05, 4.69) is 0 Å². The number of aliphatic hydroxyl groups is 1. The third kappa shape index (κ3) is 3.08. The van der Waals surface area contributed by atoms with Gasteiger partial charge >= 0.3 is 11.9 Å². The lowest BCUT2D eigenvalue weighted by molar-refractivity contribution is -0.175. The van der Waals surface area contributed by atoms with Crippen LogP contribution in [0.3, 0.4) is 0 Å². The molecule has 4 aliphatic carbocycles. The smallest absolute Gasteiger partial charge is 0.354 e. The summed E-state index contributed by atoms with van der Waals surface area (Å²) in [7, 11) is 1.08. The minimum absolute atomic E-state index is 0.0214. The van der Waals surface area contributed by atoms with Crippen molar-refractivity contribution in [3.05, 3.63) is 63.7 Å². The van der Waals surface area contributed by atoms with Crippen molar-refractivity contribution in [3.63, 3.8) is 0 Å². The molecule has 2 bridgehead atoms. The number of rotatable bonds is 2. The molecule has 12 nitrogen and oxygen atoms in total. The van der Waals surface area contributed by atoms with Crippen molar-refractivity contribution in [1.82, 2.24) is 0 Å². The average molecular weight is 589 g/mol.